The first-order chi connectivity index (χ1) is 14.5. The maximum Gasteiger partial charge on any atom is 0.311 e. The van der Waals surface area contributed by atoms with Gasteiger partial charge in [0.15, 0.2) is 5.75 Å². The highest BCUT2D eigenvalue weighted by Gasteiger charge is 2.26. The van der Waals surface area contributed by atoms with Crippen LogP contribution in [0.3, 0.4) is 0 Å². The molecular weight excluding hydrogens is 386 g/mol. The van der Waals surface area contributed by atoms with Gasteiger partial charge >= 0.3 is 5.69 Å². The Bertz CT molecular complexity index is 896. The highest BCUT2D eigenvalue weighted by molar-refractivity contribution is 5.95. The van der Waals surface area contributed by atoms with Crippen molar-refractivity contribution in [3.05, 3.63) is 63.7 Å². The van der Waals surface area contributed by atoms with Crippen molar-refractivity contribution in [1.29, 1.82) is 0 Å². The second kappa shape index (κ2) is 10.1. The SMILES string of the molecule is COc1ccccc1C(CNC(=O)c1ccc(OC)c([N+](=O)[O-])c1)N1CCCCC1. The molecule has 0 spiro atoms. The van der Waals surface area contributed by atoms with Crippen LogP contribution in [0.5, 0.6) is 11.5 Å². The minimum Gasteiger partial charge on any atom is -0.496 e. The molecule has 1 heterocycles. The molecule has 160 valence electrons. The molecular formula is C22H27N3O5. The Labute approximate surface area is 175 Å². The van der Waals surface area contributed by atoms with E-state index in [9.17, 15) is 14.9 Å². The van der Waals surface area contributed by atoms with Crippen molar-refractivity contribution in [2.45, 2.75) is 25.3 Å². The van der Waals surface area contributed by atoms with E-state index in [0.29, 0.717) is 6.54 Å². The van der Waals surface area contributed by atoms with Crippen molar-refractivity contribution in [1.82, 2.24) is 10.2 Å². The van der Waals surface area contributed by atoms with E-state index >= 15 is 0 Å². The van der Waals surface area contributed by atoms with Gasteiger partial charge in [0, 0.05) is 23.7 Å². The monoisotopic (exact) mass is 413 g/mol. The van der Waals surface area contributed by atoms with Crippen LogP contribution in [0.1, 0.15) is 41.2 Å². The molecule has 1 fully saturated rings. The van der Waals surface area contributed by atoms with E-state index in [4.69, 9.17) is 9.47 Å². The van der Waals surface area contributed by atoms with Crippen molar-refractivity contribution in [3.8, 4) is 11.5 Å². The molecule has 1 amide bonds. The summed E-state index contributed by atoms with van der Waals surface area (Å²) in [6.07, 6.45) is 3.44. The zero-order chi connectivity index (χ0) is 21.5. The smallest absolute Gasteiger partial charge is 0.311 e. The number of nitrogens with zero attached hydrogens (tertiary/aromatic N) is 2. The van der Waals surface area contributed by atoms with Gasteiger partial charge in [0.05, 0.1) is 25.2 Å². The molecule has 0 bridgehead atoms. The number of piperidine rings is 1. The van der Waals surface area contributed by atoms with Crippen LogP contribution < -0.4 is 14.8 Å². The number of carbonyl (C=O) groups is 1. The number of carbonyl (C=O) groups excluding carboxylic acids is 1. The van der Waals surface area contributed by atoms with Gasteiger partial charge < -0.3 is 14.8 Å². The minimum atomic E-state index is -0.555. The van der Waals surface area contributed by atoms with Gasteiger partial charge in [0.2, 0.25) is 0 Å². The molecule has 30 heavy (non-hydrogen) atoms. The minimum absolute atomic E-state index is 0.0429. The number of nitrogens with one attached hydrogen (secondary N) is 1. The molecule has 1 saturated heterocycles. The molecule has 0 aliphatic carbocycles. The standard InChI is InChI=1S/C22H27N3O5/c1-29-20-9-5-4-8-17(20)19(24-12-6-3-7-13-24)15-23-22(26)16-10-11-21(30-2)18(14-16)25(27)28/h4-5,8-11,14,19H,3,6-7,12-13,15H2,1-2H3,(H,23,26). The zero-order valence-corrected chi connectivity index (χ0v) is 17.3. The molecule has 8 heteroatoms. The lowest BCUT2D eigenvalue weighted by Gasteiger charge is -2.35. The molecule has 0 aromatic heterocycles. The van der Waals surface area contributed by atoms with E-state index in [2.05, 4.69) is 10.2 Å². The molecule has 1 atom stereocenters. The number of likely N-dealkylation sites (tertiary alicyclic amines) is 1. The first-order valence-corrected chi connectivity index (χ1v) is 10.0. The molecule has 1 aliphatic rings. The molecule has 1 aliphatic heterocycles. The van der Waals surface area contributed by atoms with Crippen LogP contribution in [0.4, 0.5) is 5.69 Å². The molecule has 1 unspecified atom stereocenters. The zero-order valence-electron chi connectivity index (χ0n) is 17.3. The molecule has 0 radical (unpaired) electrons. The van der Waals surface area contributed by atoms with E-state index in [0.717, 1.165) is 37.2 Å². The van der Waals surface area contributed by atoms with E-state index in [1.54, 1.807) is 7.11 Å². The maximum absolute atomic E-state index is 12.8. The van der Waals surface area contributed by atoms with Crippen molar-refractivity contribution in [2.24, 2.45) is 0 Å². The summed E-state index contributed by atoms with van der Waals surface area (Å²) in [6.45, 7) is 2.28. The van der Waals surface area contributed by atoms with Gasteiger partial charge in [-0.1, -0.05) is 24.6 Å². The number of methoxy groups -OCH3 is 2. The number of hydrogen-bond acceptors (Lipinski definition) is 6. The summed E-state index contributed by atoms with van der Waals surface area (Å²) >= 11 is 0. The largest absolute Gasteiger partial charge is 0.496 e. The first-order valence-electron chi connectivity index (χ1n) is 10.0. The van der Waals surface area contributed by atoms with Gasteiger partial charge in [-0.2, -0.15) is 0 Å². The number of amides is 1. The first kappa shape index (κ1) is 21.6. The van der Waals surface area contributed by atoms with E-state index in [-0.39, 0.29) is 28.9 Å². The number of rotatable bonds is 8. The number of benzene rings is 2. The van der Waals surface area contributed by atoms with Gasteiger partial charge in [0.25, 0.3) is 5.91 Å². The predicted molar refractivity (Wildman–Crippen MR) is 113 cm³/mol. The van der Waals surface area contributed by atoms with Crippen LogP contribution in [0.15, 0.2) is 42.5 Å². The van der Waals surface area contributed by atoms with Gasteiger partial charge in [0.1, 0.15) is 5.75 Å². The van der Waals surface area contributed by atoms with Gasteiger partial charge in [-0.05, 0) is 44.1 Å². The Morgan fingerprint density at radius 3 is 2.47 bits per heavy atom. The normalized spacial score (nSPS) is 15.3. The number of nitro benzene ring substituents is 1. The lowest BCUT2D eigenvalue weighted by molar-refractivity contribution is -0.385. The lowest BCUT2D eigenvalue weighted by Crippen LogP contribution is -2.40. The fourth-order valence-corrected chi connectivity index (χ4v) is 3.87. The van der Waals surface area contributed by atoms with Crippen LogP contribution >= 0.6 is 0 Å². The summed E-state index contributed by atoms with van der Waals surface area (Å²) < 4.78 is 10.6. The summed E-state index contributed by atoms with van der Waals surface area (Å²) in [4.78, 5) is 25.8. The average molecular weight is 413 g/mol. The second-order valence-electron chi connectivity index (χ2n) is 7.21. The number of hydrogen-bond donors (Lipinski definition) is 1. The highest BCUT2D eigenvalue weighted by Crippen LogP contribution is 2.31. The van der Waals surface area contributed by atoms with Gasteiger partial charge in [-0.3, -0.25) is 19.8 Å². The van der Waals surface area contributed by atoms with E-state index in [1.165, 1.54) is 31.7 Å². The third kappa shape index (κ3) is 4.88. The predicted octanol–water partition coefficient (Wildman–Crippen LogP) is 3.57. The Balaban J connectivity index is 1.81. The van der Waals surface area contributed by atoms with Crippen molar-refractivity contribution in [2.75, 3.05) is 33.9 Å². The van der Waals surface area contributed by atoms with E-state index in [1.807, 2.05) is 24.3 Å². The fourth-order valence-electron chi connectivity index (χ4n) is 3.87. The van der Waals surface area contributed by atoms with Crippen LogP contribution in [0.25, 0.3) is 0 Å². The Morgan fingerprint density at radius 2 is 1.80 bits per heavy atom. The summed E-state index contributed by atoms with van der Waals surface area (Å²) in [7, 11) is 3.00. The molecule has 3 rings (SSSR count). The second-order valence-corrected chi connectivity index (χ2v) is 7.21. The van der Waals surface area contributed by atoms with Crippen molar-refractivity contribution in [3.63, 3.8) is 0 Å². The Morgan fingerprint density at radius 1 is 1.10 bits per heavy atom. The fraction of sp³-hybridized carbons (Fsp3) is 0.409. The van der Waals surface area contributed by atoms with Crippen LogP contribution in [0, 0.1) is 10.1 Å². The molecule has 1 N–H and O–H groups in total. The third-order valence-corrected chi connectivity index (χ3v) is 5.42. The summed E-state index contributed by atoms with van der Waals surface area (Å²) in [5, 5.41) is 14.2. The maximum atomic E-state index is 12.8. The number of para-hydroxylation sites is 1. The average Bonchev–Trinajstić information content (AvgIpc) is 2.79. The van der Waals surface area contributed by atoms with Crippen LogP contribution in [0.2, 0.25) is 0 Å². The van der Waals surface area contributed by atoms with Crippen LogP contribution in [-0.2, 0) is 0 Å². The Kier molecular flexibility index (Phi) is 7.24. The van der Waals surface area contributed by atoms with Crippen molar-refractivity contribution < 1.29 is 19.2 Å². The quantitative estimate of drug-likeness (QED) is 0.525. The third-order valence-electron chi connectivity index (χ3n) is 5.42. The Hall–Kier alpha value is -3.13. The number of nitro groups is 1. The molecule has 8 nitrogen and oxygen atoms in total. The number of ether oxygens (including phenoxy) is 2. The summed E-state index contributed by atoms with van der Waals surface area (Å²) in [5.74, 6) is 0.539. The lowest BCUT2D eigenvalue weighted by atomic mass is 10.0. The summed E-state index contributed by atoms with van der Waals surface area (Å²) in [6, 6.07) is 12.0. The van der Waals surface area contributed by atoms with E-state index < -0.39 is 4.92 Å². The van der Waals surface area contributed by atoms with Crippen molar-refractivity contribution >= 4 is 11.6 Å². The topological polar surface area (TPSA) is 93.9 Å². The molecule has 2 aromatic carbocycles. The molecule has 0 saturated carbocycles. The summed E-state index contributed by atoms with van der Waals surface area (Å²) in [5.41, 5.74) is 1.00. The highest BCUT2D eigenvalue weighted by atomic mass is 16.6. The van der Waals surface area contributed by atoms with Crippen LogP contribution in [-0.4, -0.2) is 49.6 Å². The van der Waals surface area contributed by atoms with Gasteiger partial charge in [-0.25, -0.2) is 0 Å². The van der Waals surface area contributed by atoms with Gasteiger partial charge in [-0.15, -0.1) is 0 Å². The molecule has 2 aromatic rings.